The number of anilines is 1. The third-order valence-corrected chi connectivity index (χ3v) is 2.26. The van der Waals surface area contributed by atoms with Crippen LogP contribution in [0.1, 0.15) is 31.1 Å². The summed E-state index contributed by atoms with van der Waals surface area (Å²) in [7, 11) is 0. The van der Waals surface area contributed by atoms with E-state index in [-0.39, 0.29) is 12.1 Å². The van der Waals surface area contributed by atoms with Gasteiger partial charge in [-0.2, -0.15) is 0 Å². The minimum Gasteiger partial charge on any atom is -0.459 e. The zero-order valence-corrected chi connectivity index (χ0v) is 11.5. The van der Waals surface area contributed by atoms with Crippen molar-refractivity contribution in [3.63, 3.8) is 0 Å². The molecule has 1 aromatic rings. The summed E-state index contributed by atoms with van der Waals surface area (Å²) >= 11 is 0. The summed E-state index contributed by atoms with van der Waals surface area (Å²) in [4.78, 5) is 11.6. The number of benzene rings is 1. The second-order valence-corrected chi connectivity index (χ2v) is 5.39. The van der Waals surface area contributed by atoms with Gasteiger partial charge in [-0.05, 0) is 45.0 Å². The second kappa shape index (κ2) is 6.54. The van der Waals surface area contributed by atoms with E-state index in [0.29, 0.717) is 5.56 Å². The maximum atomic E-state index is 11.6. The number of nitrogens with one attached hydrogen (secondary N) is 1. The zero-order valence-electron chi connectivity index (χ0n) is 11.5. The Balaban J connectivity index is 2.58. The van der Waals surface area contributed by atoms with Crippen molar-refractivity contribution in [2.75, 3.05) is 18.5 Å². The van der Waals surface area contributed by atoms with Crippen LogP contribution in [0.5, 0.6) is 0 Å². The van der Waals surface area contributed by atoms with Gasteiger partial charge in [0, 0.05) is 11.2 Å². The molecule has 0 amide bonds. The average Bonchev–Trinajstić information content (AvgIpc) is 2.34. The van der Waals surface area contributed by atoms with Gasteiger partial charge in [0.1, 0.15) is 12.7 Å². The molecule has 106 valence electrons. The molecule has 0 radical (unpaired) electrons. The van der Waals surface area contributed by atoms with Crippen LogP contribution in [-0.4, -0.2) is 41.0 Å². The molecule has 0 spiro atoms. The van der Waals surface area contributed by atoms with E-state index in [2.05, 4.69) is 5.32 Å². The van der Waals surface area contributed by atoms with E-state index in [0.717, 1.165) is 5.69 Å². The van der Waals surface area contributed by atoms with Crippen molar-refractivity contribution in [3.8, 4) is 0 Å². The maximum Gasteiger partial charge on any atom is 0.338 e. The first kappa shape index (κ1) is 15.5. The van der Waals surface area contributed by atoms with Crippen molar-refractivity contribution in [1.82, 2.24) is 0 Å². The lowest BCUT2D eigenvalue weighted by Crippen LogP contribution is -2.26. The first-order chi connectivity index (χ1) is 8.81. The Hall–Kier alpha value is -1.59. The number of rotatable bonds is 5. The second-order valence-electron chi connectivity index (χ2n) is 5.39. The van der Waals surface area contributed by atoms with Gasteiger partial charge in [0.05, 0.1) is 12.2 Å². The van der Waals surface area contributed by atoms with Crippen molar-refractivity contribution in [2.45, 2.75) is 32.4 Å². The fourth-order valence-electron chi connectivity index (χ4n) is 1.43. The van der Waals surface area contributed by atoms with Crippen LogP contribution in [0.2, 0.25) is 0 Å². The topological polar surface area (TPSA) is 78.8 Å². The molecule has 0 aromatic heterocycles. The quantitative estimate of drug-likeness (QED) is 0.703. The van der Waals surface area contributed by atoms with E-state index in [1.54, 1.807) is 24.3 Å². The molecule has 19 heavy (non-hydrogen) atoms. The molecule has 1 rings (SSSR count). The summed E-state index contributed by atoms with van der Waals surface area (Å²) in [6.07, 6.45) is -1.04. The van der Waals surface area contributed by atoms with E-state index in [4.69, 9.17) is 14.9 Å². The molecular weight excluding hydrogens is 246 g/mol. The third kappa shape index (κ3) is 5.72. The van der Waals surface area contributed by atoms with Crippen LogP contribution >= 0.6 is 0 Å². The minimum atomic E-state index is -1.04. The SMILES string of the molecule is CC(C)(C)Nc1ccc(C(=O)OCC(O)CO)cc1. The molecule has 0 aliphatic heterocycles. The molecule has 0 aliphatic rings. The monoisotopic (exact) mass is 267 g/mol. The number of aliphatic hydroxyl groups excluding tert-OH is 2. The number of hydrogen-bond donors (Lipinski definition) is 3. The average molecular weight is 267 g/mol. The lowest BCUT2D eigenvalue weighted by molar-refractivity contribution is 0.00933. The summed E-state index contributed by atoms with van der Waals surface area (Å²) in [5, 5.41) is 21.0. The molecule has 5 nitrogen and oxygen atoms in total. The number of carbonyl (C=O) groups excluding carboxylic acids is 1. The number of ether oxygens (including phenoxy) is 1. The fourth-order valence-corrected chi connectivity index (χ4v) is 1.43. The van der Waals surface area contributed by atoms with Crippen molar-refractivity contribution in [3.05, 3.63) is 29.8 Å². The van der Waals surface area contributed by atoms with Crippen LogP contribution < -0.4 is 5.32 Å². The number of aliphatic hydroxyl groups is 2. The first-order valence-electron chi connectivity index (χ1n) is 6.16. The molecule has 1 atom stereocenters. The summed E-state index contributed by atoms with van der Waals surface area (Å²) in [5.41, 5.74) is 1.27. The standard InChI is InChI=1S/C14H21NO4/c1-14(2,3)15-11-6-4-10(5-7-11)13(18)19-9-12(17)8-16/h4-7,12,15-17H,8-9H2,1-3H3. The van der Waals surface area contributed by atoms with Crippen LogP contribution in [-0.2, 0) is 4.74 Å². The van der Waals surface area contributed by atoms with E-state index in [1.165, 1.54) is 0 Å². The minimum absolute atomic E-state index is 0.0484. The maximum absolute atomic E-state index is 11.6. The van der Waals surface area contributed by atoms with Crippen LogP contribution in [0.15, 0.2) is 24.3 Å². The van der Waals surface area contributed by atoms with Crippen LogP contribution in [0, 0.1) is 0 Å². The molecule has 0 bridgehead atoms. The highest BCUT2D eigenvalue weighted by atomic mass is 16.5. The van der Waals surface area contributed by atoms with Gasteiger partial charge in [0.25, 0.3) is 0 Å². The Kier molecular flexibility index (Phi) is 5.32. The van der Waals surface area contributed by atoms with Crippen molar-refractivity contribution < 1.29 is 19.7 Å². The predicted octanol–water partition coefficient (Wildman–Crippen LogP) is 1.41. The Morgan fingerprint density at radius 2 is 1.89 bits per heavy atom. The highest BCUT2D eigenvalue weighted by Gasteiger charge is 2.12. The van der Waals surface area contributed by atoms with Gasteiger partial charge in [-0.3, -0.25) is 0 Å². The molecule has 0 aliphatic carbocycles. The van der Waals surface area contributed by atoms with Gasteiger partial charge in [0.2, 0.25) is 0 Å². The summed E-state index contributed by atoms with van der Waals surface area (Å²) in [5.74, 6) is -0.519. The number of hydrogen-bond acceptors (Lipinski definition) is 5. The fraction of sp³-hybridized carbons (Fsp3) is 0.500. The van der Waals surface area contributed by atoms with Gasteiger partial charge in [-0.15, -0.1) is 0 Å². The summed E-state index contributed by atoms with van der Waals surface area (Å²) in [6, 6.07) is 6.90. The molecule has 3 N–H and O–H groups in total. The van der Waals surface area contributed by atoms with E-state index < -0.39 is 18.7 Å². The van der Waals surface area contributed by atoms with E-state index in [9.17, 15) is 4.79 Å². The van der Waals surface area contributed by atoms with Crippen molar-refractivity contribution >= 4 is 11.7 Å². The molecule has 0 heterocycles. The van der Waals surface area contributed by atoms with Crippen molar-refractivity contribution in [2.24, 2.45) is 0 Å². The predicted molar refractivity (Wildman–Crippen MR) is 73.2 cm³/mol. The number of esters is 1. The molecular formula is C14H21NO4. The van der Waals surface area contributed by atoms with Crippen LogP contribution in [0.4, 0.5) is 5.69 Å². The molecule has 0 fully saturated rings. The van der Waals surface area contributed by atoms with Gasteiger partial charge in [0.15, 0.2) is 0 Å². The Labute approximate surface area is 113 Å². The number of carbonyl (C=O) groups is 1. The molecule has 1 aromatic carbocycles. The van der Waals surface area contributed by atoms with E-state index in [1.807, 2.05) is 20.8 Å². The summed E-state index contributed by atoms with van der Waals surface area (Å²) < 4.78 is 4.85. The lowest BCUT2D eigenvalue weighted by atomic mass is 10.1. The summed E-state index contributed by atoms with van der Waals surface area (Å²) in [6.45, 7) is 5.50. The van der Waals surface area contributed by atoms with Crippen molar-refractivity contribution in [1.29, 1.82) is 0 Å². The Morgan fingerprint density at radius 1 is 1.32 bits per heavy atom. The van der Waals surface area contributed by atoms with E-state index >= 15 is 0 Å². The van der Waals surface area contributed by atoms with Gasteiger partial charge >= 0.3 is 5.97 Å². The largest absolute Gasteiger partial charge is 0.459 e. The van der Waals surface area contributed by atoms with Gasteiger partial charge < -0.3 is 20.3 Å². The molecule has 0 saturated carbocycles. The van der Waals surface area contributed by atoms with Crippen LogP contribution in [0.3, 0.4) is 0 Å². The highest BCUT2D eigenvalue weighted by molar-refractivity contribution is 5.89. The van der Waals surface area contributed by atoms with Crippen LogP contribution in [0.25, 0.3) is 0 Å². The smallest absolute Gasteiger partial charge is 0.338 e. The molecule has 0 saturated heterocycles. The van der Waals surface area contributed by atoms with Gasteiger partial charge in [-0.1, -0.05) is 0 Å². The lowest BCUT2D eigenvalue weighted by Gasteiger charge is -2.22. The zero-order chi connectivity index (χ0) is 14.5. The third-order valence-electron chi connectivity index (χ3n) is 2.26. The highest BCUT2D eigenvalue weighted by Crippen LogP contribution is 2.15. The van der Waals surface area contributed by atoms with Gasteiger partial charge in [-0.25, -0.2) is 4.79 Å². The normalized spacial score (nSPS) is 12.9. The molecule has 5 heteroatoms. The Bertz CT molecular complexity index is 408. The Morgan fingerprint density at radius 3 is 2.37 bits per heavy atom. The first-order valence-corrected chi connectivity index (χ1v) is 6.16. The molecule has 1 unspecified atom stereocenters.